The van der Waals surface area contributed by atoms with Gasteiger partial charge in [-0.05, 0) is 25.2 Å². The fourth-order valence-corrected chi connectivity index (χ4v) is 8.63. The van der Waals surface area contributed by atoms with Gasteiger partial charge in [-0.2, -0.15) is 12.6 Å². The Morgan fingerprint density at radius 3 is 2.54 bits per heavy atom. The molecule has 4 N–H and O–H groups in total. The summed E-state index contributed by atoms with van der Waals surface area (Å²) in [6.45, 7) is 3.13. The first kappa shape index (κ1) is 35.3. The summed E-state index contributed by atoms with van der Waals surface area (Å²) in [7, 11) is 3.00. The molecule has 270 valence electrons. The van der Waals surface area contributed by atoms with Crippen LogP contribution in [0.25, 0.3) is 0 Å². The molecule has 0 amide bonds. The van der Waals surface area contributed by atoms with Crippen LogP contribution in [0.5, 0.6) is 17.2 Å². The van der Waals surface area contributed by atoms with Crippen molar-refractivity contribution < 1.29 is 58.5 Å². The Kier molecular flexibility index (Phi) is 9.50. The molecule has 3 aliphatic heterocycles. The first-order valence-electron chi connectivity index (χ1n) is 16.8. The van der Waals surface area contributed by atoms with Gasteiger partial charge in [0.2, 0.25) is 5.78 Å². The number of benzene rings is 2. The number of hydrogen-bond donors (Lipinski definition) is 5. The molecule has 2 aromatic rings. The third-order valence-electron chi connectivity index (χ3n) is 10.8. The average Bonchev–Trinajstić information content (AvgIpc) is 3.49. The van der Waals surface area contributed by atoms with Gasteiger partial charge in [-0.15, -0.1) is 0 Å². The molecule has 0 aromatic heterocycles. The van der Waals surface area contributed by atoms with E-state index in [2.05, 4.69) is 22.4 Å². The highest BCUT2D eigenvalue weighted by Gasteiger charge is 2.56. The minimum absolute atomic E-state index is 0.0312. The molecule has 0 radical (unpaired) electrons. The quantitative estimate of drug-likeness (QED) is 0.158. The Hall–Kier alpha value is -3.12. The Labute approximate surface area is 294 Å². The number of nitrogens with zero attached hydrogens (tertiary/aromatic N) is 2. The molecule has 15 heteroatoms. The standard InChI is InChI=1S/C35H42N2O12S/c1-16-32-19(37-10-9-36(8-5-11-50)33(46-3)34(37)49-32)12-23(47-16)48-21-14-35(44,22(39)15-38)13-18-25(21)31(43)27-26(29(18)41)28(40)17-6-4-7-20(45-2)24(17)30(27)42/h4,6-7,16,19,21,23,32-34,38,41,43-44,50H,5,8-15H2,1-3H3/t16-,19-,21-,23-,32+,33+,34+,35-/m0/s1. The van der Waals surface area contributed by atoms with Crippen molar-refractivity contribution in [2.24, 2.45) is 0 Å². The molecule has 5 aliphatic rings. The Morgan fingerprint density at radius 2 is 1.84 bits per heavy atom. The second kappa shape index (κ2) is 13.5. The second-order valence-electron chi connectivity index (χ2n) is 13.5. The van der Waals surface area contributed by atoms with Crippen LogP contribution >= 0.6 is 12.6 Å². The van der Waals surface area contributed by atoms with Crippen LogP contribution in [0, 0.1) is 0 Å². The van der Waals surface area contributed by atoms with Crippen LogP contribution in [0.1, 0.15) is 75.3 Å². The van der Waals surface area contributed by atoms with Crippen LogP contribution in [0.15, 0.2) is 18.2 Å². The normalized spacial score (nSPS) is 32.2. The molecule has 50 heavy (non-hydrogen) atoms. The van der Waals surface area contributed by atoms with Gasteiger partial charge >= 0.3 is 0 Å². The number of Topliss-reactive ketones (excluding diaryl/α,β-unsaturated/α-hetero) is 1. The highest BCUT2D eigenvalue weighted by atomic mass is 32.1. The van der Waals surface area contributed by atoms with Crippen molar-refractivity contribution in [2.45, 2.75) is 81.3 Å². The summed E-state index contributed by atoms with van der Waals surface area (Å²) in [5.41, 5.74) is -3.39. The number of phenols is 2. The second-order valence-corrected chi connectivity index (χ2v) is 14.0. The van der Waals surface area contributed by atoms with Crippen molar-refractivity contribution in [3.05, 3.63) is 51.6 Å². The lowest BCUT2D eigenvalue weighted by molar-refractivity contribution is -0.248. The van der Waals surface area contributed by atoms with Gasteiger partial charge in [0.25, 0.3) is 0 Å². The molecule has 0 spiro atoms. The maximum Gasteiger partial charge on any atom is 0.202 e. The van der Waals surface area contributed by atoms with Crippen LogP contribution < -0.4 is 4.74 Å². The third-order valence-corrected chi connectivity index (χ3v) is 11.2. The maximum absolute atomic E-state index is 14.0. The number of carbonyl (C=O) groups is 3. The number of aromatic hydroxyl groups is 2. The van der Waals surface area contributed by atoms with Gasteiger partial charge in [-0.25, -0.2) is 0 Å². The lowest BCUT2D eigenvalue weighted by atomic mass is 9.72. The van der Waals surface area contributed by atoms with E-state index in [0.717, 1.165) is 25.3 Å². The number of piperazine rings is 1. The van der Waals surface area contributed by atoms with E-state index in [0.29, 0.717) is 13.0 Å². The zero-order valence-corrected chi connectivity index (χ0v) is 28.9. The molecule has 0 bridgehead atoms. The van der Waals surface area contributed by atoms with Gasteiger partial charge in [-0.3, -0.25) is 24.2 Å². The monoisotopic (exact) mass is 714 g/mol. The lowest BCUT2D eigenvalue weighted by Gasteiger charge is -2.45. The molecule has 2 aliphatic carbocycles. The molecule has 0 saturated carbocycles. The lowest BCUT2D eigenvalue weighted by Crippen LogP contribution is -2.61. The van der Waals surface area contributed by atoms with Crippen molar-refractivity contribution in [1.29, 1.82) is 0 Å². The van der Waals surface area contributed by atoms with Gasteiger partial charge in [0.05, 0.1) is 36.0 Å². The minimum Gasteiger partial charge on any atom is -0.507 e. The van der Waals surface area contributed by atoms with Gasteiger partial charge in [0.15, 0.2) is 24.1 Å². The van der Waals surface area contributed by atoms with Crippen molar-refractivity contribution in [3.63, 3.8) is 0 Å². The molecule has 3 saturated heterocycles. The molecular weight excluding hydrogens is 672 g/mol. The molecule has 0 unspecified atom stereocenters. The number of rotatable bonds is 9. The number of carbonyl (C=O) groups excluding carboxylic acids is 3. The van der Waals surface area contributed by atoms with Crippen molar-refractivity contribution >= 4 is 30.0 Å². The van der Waals surface area contributed by atoms with Crippen LogP contribution in [-0.4, -0.2) is 136 Å². The highest BCUT2D eigenvalue weighted by molar-refractivity contribution is 7.80. The number of aliphatic hydroxyl groups excluding tert-OH is 1. The summed E-state index contributed by atoms with van der Waals surface area (Å²) in [4.78, 5) is 45.2. The molecule has 3 heterocycles. The molecule has 7 rings (SSSR count). The van der Waals surface area contributed by atoms with Gasteiger partial charge in [0.1, 0.15) is 41.8 Å². The van der Waals surface area contributed by atoms with Gasteiger partial charge in [0, 0.05) is 68.7 Å². The van der Waals surface area contributed by atoms with E-state index < -0.39 is 83.5 Å². The SMILES string of the molecule is COc1cccc2c1C(=O)c1c(O)c3c(c(O)c1C2=O)C[C@@](O)(C(=O)CO)C[C@@H]3O[C@H]1C[C@H]2[C@H](O[C@@H]3[C@@H](OC)N(CCCS)CCN32)[C@H](C)O1. The maximum atomic E-state index is 14.0. The highest BCUT2D eigenvalue weighted by Crippen LogP contribution is 2.53. The van der Waals surface area contributed by atoms with Crippen molar-refractivity contribution in [3.8, 4) is 17.2 Å². The van der Waals surface area contributed by atoms with Gasteiger partial charge in [-0.1, -0.05) is 12.1 Å². The zero-order valence-electron chi connectivity index (χ0n) is 28.0. The Bertz CT molecular complexity index is 1720. The first-order chi connectivity index (χ1) is 24.0. The van der Waals surface area contributed by atoms with Crippen LogP contribution in [0.4, 0.5) is 0 Å². The van der Waals surface area contributed by atoms with E-state index in [1.54, 1.807) is 7.11 Å². The fraction of sp³-hybridized carbons (Fsp3) is 0.571. The van der Waals surface area contributed by atoms with Crippen molar-refractivity contribution in [1.82, 2.24) is 9.80 Å². The number of ketones is 3. The fourth-order valence-electron chi connectivity index (χ4n) is 8.49. The summed E-state index contributed by atoms with van der Waals surface area (Å²) in [6.07, 6.45) is -3.41. The number of thiol groups is 1. The molecule has 14 nitrogen and oxygen atoms in total. The number of phenolic OH excluding ortho intramolecular Hbond substituents is 2. The molecular formula is C35H42N2O12S. The number of fused-ring (bicyclic) bond motifs is 6. The number of aliphatic hydroxyl groups is 2. The minimum atomic E-state index is -2.23. The molecule has 8 atom stereocenters. The van der Waals surface area contributed by atoms with Crippen LogP contribution in [0.3, 0.4) is 0 Å². The van der Waals surface area contributed by atoms with E-state index in [1.165, 1.54) is 25.3 Å². The number of methoxy groups -OCH3 is 2. The van der Waals surface area contributed by atoms with Crippen LogP contribution in [-0.2, 0) is 30.2 Å². The van der Waals surface area contributed by atoms with E-state index in [-0.39, 0.29) is 52.6 Å². The topological polar surface area (TPSA) is 185 Å². The van der Waals surface area contributed by atoms with Crippen LogP contribution in [0.2, 0.25) is 0 Å². The summed E-state index contributed by atoms with van der Waals surface area (Å²) in [5.74, 6) is -2.82. The molecule has 3 fully saturated rings. The summed E-state index contributed by atoms with van der Waals surface area (Å²) in [5, 5.41) is 44.9. The van der Waals surface area contributed by atoms with Gasteiger partial charge < -0.3 is 44.1 Å². The molecule has 2 aromatic carbocycles. The Morgan fingerprint density at radius 1 is 1.08 bits per heavy atom. The predicted octanol–water partition coefficient (Wildman–Crippen LogP) is 1.32. The zero-order chi connectivity index (χ0) is 35.6. The summed E-state index contributed by atoms with van der Waals surface area (Å²) >= 11 is 4.35. The number of hydrogen-bond acceptors (Lipinski definition) is 15. The summed E-state index contributed by atoms with van der Waals surface area (Å²) in [6, 6.07) is 4.31. The Balaban J connectivity index is 1.25. The van der Waals surface area contributed by atoms with E-state index in [1.807, 2.05) is 6.92 Å². The average molecular weight is 715 g/mol. The summed E-state index contributed by atoms with van der Waals surface area (Å²) < 4.78 is 30.6. The van der Waals surface area contributed by atoms with E-state index in [9.17, 15) is 34.8 Å². The van der Waals surface area contributed by atoms with E-state index in [4.69, 9.17) is 23.7 Å². The third kappa shape index (κ3) is 5.45. The predicted molar refractivity (Wildman–Crippen MR) is 178 cm³/mol. The van der Waals surface area contributed by atoms with E-state index >= 15 is 0 Å². The largest absolute Gasteiger partial charge is 0.507 e. The smallest absolute Gasteiger partial charge is 0.202 e. The first-order valence-corrected chi connectivity index (χ1v) is 17.4. The number of ether oxygens (including phenoxy) is 5. The van der Waals surface area contributed by atoms with Crippen molar-refractivity contribution in [2.75, 3.05) is 46.2 Å².